The van der Waals surface area contributed by atoms with Gasteiger partial charge in [-0.25, -0.2) is 13.2 Å². The van der Waals surface area contributed by atoms with Gasteiger partial charge in [-0.3, -0.25) is 14.5 Å². The number of allylic oxidation sites excluding steroid dienone is 1. The summed E-state index contributed by atoms with van der Waals surface area (Å²) in [5, 5.41) is 0. The molecule has 1 atom stereocenters. The maximum absolute atomic E-state index is 12.6. The van der Waals surface area contributed by atoms with Gasteiger partial charge in [-0.2, -0.15) is 0 Å². The zero-order valence-electron chi connectivity index (χ0n) is 18.8. The number of esters is 1. The number of anilines is 1. The fourth-order valence-electron chi connectivity index (χ4n) is 4.19. The molecule has 2 aromatic carbocycles. The maximum Gasteiger partial charge on any atom is 0.331 e. The maximum atomic E-state index is 12.6. The molecule has 0 saturated carbocycles. The van der Waals surface area contributed by atoms with Gasteiger partial charge in [-0.05, 0) is 30.7 Å². The molecule has 0 bridgehead atoms. The highest BCUT2D eigenvalue weighted by Gasteiger charge is 2.38. The van der Waals surface area contributed by atoms with E-state index in [2.05, 4.69) is 9.71 Å². The number of benzene rings is 2. The Bertz CT molecular complexity index is 1310. The van der Waals surface area contributed by atoms with Crippen LogP contribution in [-0.2, 0) is 29.8 Å². The highest BCUT2D eigenvalue weighted by molar-refractivity contribution is 7.90. The number of sulfonamides is 1. The summed E-state index contributed by atoms with van der Waals surface area (Å²) in [5.74, 6) is -0.992. The molecule has 2 aliphatic rings. The molecule has 0 fully saturated rings. The predicted octanol–water partition coefficient (Wildman–Crippen LogP) is 2.54. The zero-order chi connectivity index (χ0) is 24.0. The van der Waals surface area contributed by atoms with E-state index in [1.165, 1.54) is 19.1 Å². The van der Waals surface area contributed by atoms with Gasteiger partial charge >= 0.3 is 5.97 Å². The minimum absolute atomic E-state index is 0.0792. The molecule has 172 valence electrons. The van der Waals surface area contributed by atoms with Crippen LogP contribution in [0.1, 0.15) is 31.9 Å². The van der Waals surface area contributed by atoms with Crippen molar-refractivity contribution in [2.45, 2.75) is 37.1 Å². The van der Waals surface area contributed by atoms with Gasteiger partial charge in [0.2, 0.25) is 0 Å². The van der Waals surface area contributed by atoms with Gasteiger partial charge in [0.05, 0.1) is 4.90 Å². The fraction of sp³-hybridized carbons (Fsp3) is 0.292. The number of carbonyl (C=O) groups is 2. The number of amidine groups is 1. The van der Waals surface area contributed by atoms with Crippen LogP contribution in [0.25, 0.3) is 0 Å². The van der Waals surface area contributed by atoms with Crippen molar-refractivity contribution in [3.05, 3.63) is 71.4 Å². The third-order valence-electron chi connectivity index (χ3n) is 5.92. The van der Waals surface area contributed by atoms with Crippen LogP contribution < -0.4 is 9.62 Å². The van der Waals surface area contributed by atoms with Crippen molar-refractivity contribution >= 4 is 33.3 Å². The van der Waals surface area contributed by atoms with Crippen molar-refractivity contribution in [1.82, 2.24) is 4.72 Å². The molecule has 0 unspecified atom stereocenters. The molecule has 1 N–H and O–H groups in total. The molecule has 0 spiro atoms. The third-order valence-corrected chi connectivity index (χ3v) is 7.32. The van der Waals surface area contributed by atoms with Crippen molar-refractivity contribution in [2.75, 3.05) is 18.6 Å². The number of likely N-dealkylation sites (N-methyl/N-ethyl adjacent to an activating group) is 1. The molecule has 9 heteroatoms. The minimum atomic E-state index is -3.70. The van der Waals surface area contributed by atoms with Crippen LogP contribution in [0.15, 0.2) is 70.2 Å². The first kappa shape index (κ1) is 22.7. The summed E-state index contributed by atoms with van der Waals surface area (Å²) in [5.41, 5.74) is 2.99. The van der Waals surface area contributed by atoms with Gasteiger partial charge < -0.3 is 9.64 Å². The summed E-state index contributed by atoms with van der Waals surface area (Å²) < 4.78 is 31.9. The van der Waals surface area contributed by atoms with Crippen LogP contribution in [0, 0.1) is 0 Å². The van der Waals surface area contributed by atoms with Gasteiger partial charge in [0, 0.05) is 35.5 Å². The van der Waals surface area contributed by atoms with Gasteiger partial charge in [0.25, 0.3) is 10.0 Å². The standard InChI is InChI=1S/C24H25N3O5S/c1-15(25-22-17-9-5-8-12-20(17)33(30,31)26-22)23(29)32-14-16(28)13-21-24(2,3)18-10-6-7-11-19(18)27(21)4/h5-13,15H,14H2,1-4H3,(H,25,26)/b21-13+/t15-/m0/s1. The number of ether oxygens (including phenoxy) is 1. The molecule has 2 aromatic rings. The zero-order valence-corrected chi connectivity index (χ0v) is 19.6. The number of ketones is 1. The predicted molar refractivity (Wildman–Crippen MR) is 125 cm³/mol. The Balaban J connectivity index is 1.44. The summed E-state index contributed by atoms with van der Waals surface area (Å²) in [4.78, 5) is 31.3. The first-order chi connectivity index (χ1) is 15.5. The van der Waals surface area contributed by atoms with Crippen LogP contribution in [0.2, 0.25) is 0 Å². The summed E-state index contributed by atoms with van der Waals surface area (Å²) in [7, 11) is -1.80. The summed E-state index contributed by atoms with van der Waals surface area (Å²) in [6.45, 7) is 5.14. The molecule has 2 heterocycles. The van der Waals surface area contributed by atoms with E-state index in [0.29, 0.717) is 5.56 Å². The Morgan fingerprint density at radius 3 is 2.55 bits per heavy atom. The van der Waals surface area contributed by atoms with Crippen LogP contribution in [0.3, 0.4) is 0 Å². The van der Waals surface area contributed by atoms with Crippen molar-refractivity contribution in [3.63, 3.8) is 0 Å². The lowest BCUT2D eigenvalue weighted by molar-refractivity contribution is -0.147. The van der Waals surface area contributed by atoms with E-state index in [1.54, 1.807) is 18.2 Å². The number of carbonyl (C=O) groups excluding carboxylic acids is 2. The Morgan fingerprint density at radius 1 is 1.15 bits per heavy atom. The molecule has 0 saturated heterocycles. The Morgan fingerprint density at radius 2 is 1.82 bits per heavy atom. The third kappa shape index (κ3) is 4.04. The molecule has 8 nitrogen and oxygen atoms in total. The molecule has 4 rings (SSSR count). The second-order valence-corrected chi connectivity index (χ2v) is 10.2. The van der Waals surface area contributed by atoms with Crippen LogP contribution in [0.4, 0.5) is 5.69 Å². The van der Waals surface area contributed by atoms with Gasteiger partial charge in [0.15, 0.2) is 12.4 Å². The van der Waals surface area contributed by atoms with Crippen molar-refractivity contribution in [2.24, 2.45) is 4.99 Å². The highest BCUT2D eigenvalue weighted by Crippen LogP contribution is 2.46. The molecule has 33 heavy (non-hydrogen) atoms. The van der Waals surface area contributed by atoms with Crippen molar-refractivity contribution < 1.29 is 22.7 Å². The molecule has 2 aliphatic heterocycles. The van der Waals surface area contributed by atoms with E-state index in [9.17, 15) is 18.0 Å². The van der Waals surface area contributed by atoms with Crippen LogP contribution >= 0.6 is 0 Å². The lowest BCUT2D eigenvalue weighted by Gasteiger charge is -2.23. The number of aliphatic imine (C=N–C) groups is 1. The molecule has 0 amide bonds. The van der Waals surface area contributed by atoms with E-state index in [1.807, 2.05) is 50.1 Å². The van der Waals surface area contributed by atoms with Gasteiger partial charge in [-0.15, -0.1) is 0 Å². The second-order valence-electron chi connectivity index (χ2n) is 8.56. The van der Waals surface area contributed by atoms with Gasteiger partial charge in [0.1, 0.15) is 11.9 Å². The van der Waals surface area contributed by atoms with Crippen LogP contribution in [-0.4, -0.2) is 45.7 Å². The fourth-order valence-corrected chi connectivity index (χ4v) is 5.43. The van der Waals surface area contributed by atoms with Crippen molar-refractivity contribution in [3.8, 4) is 0 Å². The molecule has 0 aliphatic carbocycles. The average molecular weight is 468 g/mol. The SMILES string of the molecule is C[C@H](N=C1NS(=O)(=O)c2ccccc21)C(=O)OCC(=O)/C=C1/N(C)c2ccccc2C1(C)C. The molecular weight excluding hydrogens is 442 g/mol. The number of fused-ring (bicyclic) bond motifs is 2. The Kier molecular flexibility index (Phi) is 5.61. The minimum Gasteiger partial charge on any atom is -0.456 e. The Hall–Kier alpha value is -3.46. The summed E-state index contributed by atoms with van der Waals surface area (Å²) in [6.07, 6.45) is 1.51. The quantitative estimate of drug-likeness (QED) is 0.535. The summed E-state index contributed by atoms with van der Waals surface area (Å²) >= 11 is 0. The number of hydrogen-bond donors (Lipinski definition) is 1. The van der Waals surface area contributed by atoms with Crippen LogP contribution in [0.5, 0.6) is 0 Å². The van der Waals surface area contributed by atoms with E-state index in [0.717, 1.165) is 16.9 Å². The normalized spacial score (nSPS) is 20.8. The largest absolute Gasteiger partial charge is 0.456 e. The van der Waals surface area contributed by atoms with E-state index >= 15 is 0 Å². The topological polar surface area (TPSA) is 105 Å². The van der Waals surface area contributed by atoms with E-state index < -0.39 is 28.6 Å². The van der Waals surface area contributed by atoms with E-state index in [-0.39, 0.29) is 21.9 Å². The van der Waals surface area contributed by atoms with Crippen molar-refractivity contribution in [1.29, 1.82) is 0 Å². The number of hydrogen-bond acceptors (Lipinski definition) is 7. The number of rotatable bonds is 5. The lowest BCUT2D eigenvalue weighted by atomic mass is 9.83. The molecule has 0 radical (unpaired) electrons. The average Bonchev–Trinajstić information content (AvgIpc) is 3.14. The second kappa shape index (κ2) is 8.15. The number of nitrogens with zero attached hydrogens (tertiary/aromatic N) is 2. The first-order valence-corrected chi connectivity index (χ1v) is 12.0. The molecule has 0 aromatic heterocycles. The number of nitrogens with one attached hydrogen (secondary N) is 1. The summed E-state index contributed by atoms with van der Waals surface area (Å²) in [6, 6.07) is 13.3. The first-order valence-electron chi connectivity index (χ1n) is 10.5. The highest BCUT2D eigenvalue weighted by atomic mass is 32.2. The number of para-hydroxylation sites is 1. The lowest BCUT2D eigenvalue weighted by Crippen LogP contribution is -2.28. The monoisotopic (exact) mass is 467 g/mol. The smallest absolute Gasteiger partial charge is 0.331 e. The molecular formula is C24H25N3O5S. The van der Waals surface area contributed by atoms with E-state index in [4.69, 9.17) is 4.74 Å². The Labute approximate surface area is 193 Å². The van der Waals surface area contributed by atoms with Gasteiger partial charge in [-0.1, -0.05) is 44.2 Å².